The highest BCUT2D eigenvalue weighted by molar-refractivity contribution is 14.1. The van der Waals surface area contributed by atoms with Crippen LogP contribution < -0.4 is 4.89 Å². The van der Waals surface area contributed by atoms with Gasteiger partial charge in [-0.2, -0.15) is 0 Å². The van der Waals surface area contributed by atoms with E-state index in [9.17, 15) is 13.2 Å². The third kappa shape index (κ3) is 3.68. The van der Waals surface area contributed by atoms with Gasteiger partial charge in [0.05, 0.1) is 16.6 Å². The van der Waals surface area contributed by atoms with Gasteiger partial charge in [0, 0.05) is 3.57 Å². The number of nitrogens with one attached hydrogen (secondary N) is 1. The van der Waals surface area contributed by atoms with Gasteiger partial charge in [-0.05, 0) is 53.6 Å². The van der Waals surface area contributed by atoms with Crippen LogP contribution in [0.4, 0.5) is 0 Å². The number of aromatic carboxylic acids is 1. The largest absolute Gasteiger partial charge is 0.478 e. The van der Waals surface area contributed by atoms with E-state index in [0.717, 1.165) is 31.7 Å². The molecular weight excluding hydrogens is 397 g/mol. The highest BCUT2D eigenvalue weighted by atomic mass is 127. The van der Waals surface area contributed by atoms with Crippen LogP contribution in [0.3, 0.4) is 0 Å². The molecule has 1 aliphatic carbocycles. The van der Waals surface area contributed by atoms with Crippen molar-refractivity contribution in [2.24, 2.45) is 0 Å². The van der Waals surface area contributed by atoms with Crippen LogP contribution in [0.1, 0.15) is 36.0 Å². The van der Waals surface area contributed by atoms with Gasteiger partial charge in [0.25, 0.3) is 10.0 Å². The SMILES string of the molecule is O=C(O)c1cc(S(=O)(=O)NOC2CCCC2)ccc1I. The maximum atomic E-state index is 12.0. The Balaban J connectivity index is 2.16. The van der Waals surface area contributed by atoms with Crippen LogP contribution in [0.2, 0.25) is 0 Å². The summed E-state index contributed by atoms with van der Waals surface area (Å²) in [7, 11) is -3.86. The molecule has 1 aromatic rings. The van der Waals surface area contributed by atoms with E-state index >= 15 is 0 Å². The molecule has 0 spiro atoms. The molecule has 2 N–H and O–H groups in total. The fourth-order valence-electron chi connectivity index (χ4n) is 2.02. The number of sulfonamides is 1. The predicted molar refractivity (Wildman–Crippen MR) is 79.8 cm³/mol. The minimum absolute atomic E-state index is 0.0469. The Morgan fingerprint density at radius 2 is 2.00 bits per heavy atom. The second kappa shape index (κ2) is 6.37. The van der Waals surface area contributed by atoms with Crippen molar-refractivity contribution in [3.63, 3.8) is 0 Å². The van der Waals surface area contributed by atoms with Gasteiger partial charge in [-0.1, -0.05) is 17.7 Å². The van der Waals surface area contributed by atoms with Gasteiger partial charge >= 0.3 is 5.97 Å². The van der Waals surface area contributed by atoms with Crippen LogP contribution >= 0.6 is 22.6 Å². The summed E-state index contributed by atoms with van der Waals surface area (Å²) < 4.78 is 24.6. The number of benzene rings is 1. The maximum absolute atomic E-state index is 12.0. The molecule has 0 aromatic heterocycles. The van der Waals surface area contributed by atoms with Crippen molar-refractivity contribution in [1.82, 2.24) is 4.89 Å². The Labute approximate surface area is 130 Å². The lowest BCUT2D eigenvalue weighted by molar-refractivity contribution is 0.0223. The van der Waals surface area contributed by atoms with Crippen molar-refractivity contribution in [2.45, 2.75) is 36.7 Å². The quantitative estimate of drug-likeness (QED) is 0.572. The van der Waals surface area contributed by atoms with Gasteiger partial charge in [-0.25, -0.2) is 13.2 Å². The minimum atomic E-state index is -3.86. The molecule has 1 fully saturated rings. The third-order valence-corrected chi connectivity index (χ3v) is 5.24. The number of rotatable bonds is 5. The van der Waals surface area contributed by atoms with Gasteiger partial charge in [0.2, 0.25) is 0 Å². The number of carboxylic acids is 1. The van der Waals surface area contributed by atoms with Crippen molar-refractivity contribution in [2.75, 3.05) is 0 Å². The fourth-order valence-corrected chi connectivity index (χ4v) is 3.47. The van der Waals surface area contributed by atoms with Crippen LogP contribution in [-0.2, 0) is 14.9 Å². The van der Waals surface area contributed by atoms with Crippen LogP contribution in [0, 0.1) is 3.57 Å². The molecule has 0 unspecified atom stereocenters. The highest BCUT2D eigenvalue weighted by Gasteiger charge is 2.22. The normalized spacial score (nSPS) is 16.4. The van der Waals surface area contributed by atoms with Crippen molar-refractivity contribution in [3.8, 4) is 0 Å². The zero-order valence-corrected chi connectivity index (χ0v) is 13.5. The number of carbonyl (C=O) groups is 1. The Kier molecular flexibility index (Phi) is 4.99. The molecule has 0 aliphatic heterocycles. The van der Waals surface area contributed by atoms with Crippen molar-refractivity contribution >= 4 is 38.6 Å². The average molecular weight is 411 g/mol. The molecule has 110 valence electrons. The molecule has 1 aliphatic rings. The van der Waals surface area contributed by atoms with E-state index in [1.54, 1.807) is 0 Å². The van der Waals surface area contributed by atoms with Crippen molar-refractivity contribution in [1.29, 1.82) is 0 Å². The topological polar surface area (TPSA) is 92.7 Å². The molecule has 2 rings (SSSR count). The molecule has 1 aromatic carbocycles. The summed E-state index contributed by atoms with van der Waals surface area (Å²) in [5, 5.41) is 9.01. The standard InChI is InChI=1S/C12H14INO5S/c13-11-6-5-9(7-10(11)12(15)16)20(17,18)14-19-8-3-1-2-4-8/h5-8,14H,1-4H2,(H,15,16). The van der Waals surface area contributed by atoms with E-state index in [1.165, 1.54) is 12.1 Å². The molecule has 6 nitrogen and oxygen atoms in total. The first-order valence-electron chi connectivity index (χ1n) is 6.10. The summed E-state index contributed by atoms with van der Waals surface area (Å²) in [6.07, 6.45) is 3.61. The zero-order valence-electron chi connectivity index (χ0n) is 10.5. The predicted octanol–water partition coefficient (Wildman–Crippen LogP) is 2.14. The fraction of sp³-hybridized carbons (Fsp3) is 0.417. The second-order valence-corrected chi connectivity index (χ2v) is 7.37. The summed E-state index contributed by atoms with van der Waals surface area (Å²) in [5.74, 6) is -1.16. The van der Waals surface area contributed by atoms with Crippen molar-refractivity contribution < 1.29 is 23.2 Å². The van der Waals surface area contributed by atoms with Crippen LogP contribution in [0.25, 0.3) is 0 Å². The molecule has 8 heteroatoms. The first kappa shape index (κ1) is 15.7. The molecule has 20 heavy (non-hydrogen) atoms. The van der Waals surface area contributed by atoms with E-state index in [1.807, 2.05) is 22.6 Å². The monoisotopic (exact) mass is 411 g/mol. The number of hydrogen-bond donors (Lipinski definition) is 2. The van der Waals surface area contributed by atoms with E-state index in [2.05, 4.69) is 4.89 Å². The summed E-state index contributed by atoms with van der Waals surface area (Å²) in [6.45, 7) is 0. The Morgan fingerprint density at radius 1 is 1.35 bits per heavy atom. The second-order valence-electron chi connectivity index (χ2n) is 4.56. The molecule has 0 radical (unpaired) electrons. The molecule has 0 bridgehead atoms. The summed E-state index contributed by atoms with van der Waals surface area (Å²) in [5.41, 5.74) is -0.0469. The lowest BCUT2D eigenvalue weighted by Gasteiger charge is -2.12. The minimum Gasteiger partial charge on any atom is -0.478 e. The van der Waals surface area contributed by atoms with Gasteiger partial charge in [0.1, 0.15) is 0 Å². The maximum Gasteiger partial charge on any atom is 0.336 e. The van der Waals surface area contributed by atoms with Gasteiger partial charge < -0.3 is 5.11 Å². The third-order valence-electron chi connectivity index (χ3n) is 3.11. The molecule has 1 saturated carbocycles. The lowest BCUT2D eigenvalue weighted by Crippen LogP contribution is -2.28. The van der Waals surface area contributed by atoms with Crippen LogP contribution in [0.15, 0.2) is 23.1 Å². The Morgan fingerprint density at radius 3 is 2.60 bits per heavy atom. The summed E-state index contributed by atoms with van der Waals surface area (Å²) in [6, 6.07) is 3.94. The summed E-state index contributed by atoms with van der Waals surface area (Å²) >= 11 is 1.85. The van der Waals surface area contributed by atoms with E-state index < -0.39 is 16.0 Å². The smallest absolute Gasteiger partial charge is 0.336 e. The molecule has 0 heterocycles. The lowest BCUT2D eigenvalue weighted by atomic mass is 10.2. The molecule has 0 atom stereocenters. The van der Waals surface area contributed by atoms with E-state index in [0.29, 0.717) is 3.57 Å². The first-order chi connectivity index (χ1) is 9.40. The van der Waals surface area contributed by atoms with E-state index in [-0.39, 0.29) is 16.6 Å². The molecular formula is C12H14INO5S. The summed E-state index contributed by atoms with van der Waals surface area (Å²) in [4.78, 5) is 18.1. The van der Waals surface area contributed by atoms with Crippen molar-refractivity contribution in [3.05, 3.63) is 27.3 Å². The van der Waals surface area contributed by atoms with Gasteiger partial charge in [-0.3, -0.25) is 4.84 Å². The van der Waals surface area contributed by atoms with E-state index in [4.69, 9.17) is 9.94 Å². The average Bonchev–Trinajstić information content (AvgIpc) is 2.89. The van der Waals surface area contributed by atoms with Crippen LogP contribution in [-0.4, -0.2) is 25.6 Å². The van der Waals surface area contributed by atoms with Crippen LogP contribution in [0.5, 0.6) is 0 Å². The molecule has 0 saturated heterocycles. The van der Waals surface area contributed by atoms with Gasteiger partial charge in [-0.15, -0.1) is 0 Å². The number of halogens is 1. The Hall–Kier alpha value is -0.710. The number of hydrogen-bond acceptors (Lipinski definition) is 4. The number of carboxylic acid groups (broad SMARTS) is 1. The molecule has 0 amide bonds. The Bertz CT molecular complexity index is 610. The van der Waals surface area contributed by atoms with Gasteiger partial charge in [0.15, 0.2) is 0 Å². The first-order valence-corrected chi connectivity index (χ1v) is 8.66. The highest BCUT2D eigenvalue weighted by Crippen LogP contribution is 2.22. The zero-order chi connectivity index (χ0) is 14.8.